The predicted molar refractivity (Wildman–Crippen MR) is 179 cm³/mol. The van der Waals surface area contributed by atoms with Gasteiger partial charge in [-0.1, -0.05) is 68.1 Å². The number of nitrogens with one attached hydrogen (secondary N) is 1. The van der Waals surface area contributed by atoms with E-state index in [2.05, 4.69) is 17.4 Å². The minimum atomic E-state index is -3.77. The van der Waals surface area contributed by atoms with Gasteiger partial charge in [0.15, 0.2) is 0 Å². The van der Waals surface area contributed by atoms with E-state index >= 15 is 0 Å². The Hall–Kier alpha value is -2.87. The maximum absolute atomic E-state index is 14.2. The fourth-order valence-corrected chi connectivity index (χ4v) is 10.3. The van der Waals surface area contributed by atoms with Crippen molar-refractivity contribution in [3.05, 3.63) is 65.2 Å². The molecule has 0 radical (unpaired) electrons. The molecule has 8 heteroatoms. The van der Waals surface area contributed by atoms with E-state index in [0.717, 1.165) is 60.8 Å². The van der Waals surface area contributed by atoms with Crippen LogP contribution in [0.3, 0.4) is 0 Å². The molecule has 1 unspecified atom stereocenters. The molecule has 0 heterocycles. The van der Waals surface area contributed by atoms with Gasteiger partial charge >= 0.3 is 0 Å². The van der Waals surface area contributed by atoms with E-state index in [4.69, 9.17) is 0 Å². The molecule has 7 rings (SSSR count). The maximum Gasteiger partial charge on any atom is 0.244 e. The summed E-state index contributed by atoms with van der Waals surface area (Å²) in [7, 11) is -3.77. The molecule has 45 heavy (non-hydrogen) atoms. The molecule has 0 aliphatic heterocycles. The summed E-state index contributed by atoms with van der Waals surface area (Å²) in [5.74, 6) is 1.93. The summed E-state index contributed by atoms with van der Waals surface area (Å²) < 4.78 is 27.6. The molecular formula is C37H51N3O4S. The summed E-state index contributed by atoms with van der Waals surface area (Å²) in [6, 6.07) is 15.4. The third-order valence-electron chi connectivity index (χ3n) is 11.3. The number of carbonyl (C=O) groups excluding carboxylic acids is 2. The van der Waals surface area contributed by atoms with E-state index in [9.17, 15) is 18.0 Å². The normalized spacial score (nSPS) is 26.8. The van der Waals surface area contributed by atoms with Crippen LogP contribution >= 0.6 is 0 Å². The van der Waals surface area contributed by atoms with Crippen LogP contribution in [0.5, 0.6) is 0 Å². The highest BCUT2D eigenvalue weighted by molar-refractivity contribution is 7.92. The van der Waals surface area contributed by atoms with Crippen molar-refractivity contribution >= 4 is 27.5 Å². The molecule has 0 spiro atoms. The molecule has 1 N–H and O–H groups in total. The van der Waals surface area contributed by atoms with Crippen molar-refractivity contribution in [2.45, 2.75) is 115 Å². The molecule has 5 saturated carbocycles. The highest BCUT2D eigenvalue weighted by Gasteiger charge is 2.51. The van der Waals surface area contributed by atoms with E-state index in [1.165, 1.54) is 54.8 Å². The molecule has 5 aliphatic rings. The van der Waals surface area contributed by atoms with Gasteiger partial charge in [-0.2, -0.15) is 0 Å². The number of hydrogen-bond donors (Lipinski definition) is 1. The van der Waals surface area contributed by atoms with Gasteiger partial charge in [0, 0.05) is 12.6 Å². The molecule has 2 amide bonds. The molecule has 2 aromatic rings. The highest BCUT2D eigenvalue weighted by atomic mass is 32.2. The third kappa shape index (κ3) is 7.11. The lowest BCUT2D eigenvalue weighted by molar-refractivity contribution is -0.140. The fraction of sp³-hybridized carbons (Fsp3) is 0.622. The van der Waals surface area contributed by atoms with E-state index in [-0.39, 0.29) is 36.4 Å². The number of anilines is 1. The zero-order valence-electron chi connectivity index (χ0n) is 27.3. The first-order valence-corrected chi connectivity index (χ1v) is 19.1. The number of sulfonamides is 1. The van der Waals surface area contributed by atoms with Gasteiger partial charge in [-0.05, 0) is 111 Å². The van der Waals surface area contributed by atoms with Crippen LogP contribution in [0.25, 0.3) is 0 Å². The molecule has 4 bridgehead atoms. The minimum absolute atomic E-state index is 0.122. The Morgan fingerprint density at radius 2 is 1.47 bits per heavy atom. The molecule has 0 aromatic heterocycles. The van der Waals surface area contributed by atoms with Gasteiger partial charge in [0.2, 0.25) is 21.8 Å². The number of nitrogens with zero attached hydrogens (tertiary/aromatic N) is 2. The predicted octanol–water partition coefficient (Wildman–Crippen LogP) is 6.49. The SMILES string of the molecule is CCC(C(=O)NC1CCCCC1)N(Cc1ccc(C)cc1)C(=O)CN(c1ccc(C23CC4CC(CC(C4)C2)C3)cc1)S(C)(=O)=O. The number of amides is 2. The van der Waals surface area contributed by atoms with Crippen molar-refractivity contribution in [3.8, 4) is 0 Å². The van der Waals surface area contributed by atoms with E-state index < -0.39 is 16.1 Å². The molecule has 2 aromatic carbocycles. The topological polar surface area (TPSA) is 86.8 Å². The number of benzene rings is 2. The Morgan fingerprint density at radius 1 is 0.889 bits per heavy atom. The molecular weight excluding hydrogens is 582 g/mol. The lowest BCUT2D eigenvalue weighted by Gasteiger charge is -2.57. The fourth-order valence-electron chi connectivity index (χ4n) is 9.41. The monoisotopic (exact) mass is 633 g/mol. The van der Waals surface area contributed by atoms with E-state index in [1.807, 2.05) is 50.2 Å². The smallest absolute Gasteiger partial charge is 0.244 e. The van der Waals surface area contributed by atoms with Crippen LogP contribution in [-0.4, -0.2) is 50.0 Å². The van der Waals surface area contributed by atoms with Crippen molar-refractivity contribution in [2.75, 3.05) is 17.1 Å². The summed E-state index contributed by atoms with van der Waals surface area (Å²) >= 11 is 0. The van der Waals surface area contributed by atoms with E-state index in [0.29, 0.717) is 12.1 Å². The van der Waals surface area contributed by atoms with Crippen LogP contribution in [0.1, 0.15) is 101 Å². The zero-order valence-corrected chi connectivity index (χ0v) is 28.2. The molecule has 1 atom stereocenters. The Balaban J connectivity index is 1.24. The standard InChI is InChI=1S/C37H51N3O4S/c1-4-34(36(42)38-32-8-6-5-7-9-32)39(24-27-12-10-26(2)11-13-27)35(41)25-40(45(3,43)44)33-16-14-31(15-17-33)37-21-28-18-29(22-37)20-30(19-28)23-37/h10-17,28-30,32,34H,4-9,18-25H2,1-3H3,(H,38,42). The Morgan fingerprint density at radius 3 is 2.00 bits per heavy atom. The molecule has 244 valence electrons. The number of carbonyl (C=O) groups is 2. The Kier molecular flexibility index (Phi) is 9.33. The van der Waals surface area contributed by atoms with Crippen molar-refractivity contribution in [3.63, 3.8) is 0 Å². The Bertz CT molecular complexity index is 1430. The van der Waals surface area contributed by atoms with Crippen molar-refractivity contribution in [1.29, 1.82) is 0 Å². The molecule has 0 saturated heterocycles. The minimum Gasteiger partial charge on any atom is -0.352 e. The highest BCUT2D eigenvalue weighted by Crippen LogP contribution is 2.60. The van der Waals surface area contributed by atoms with Crippen molar-refractivity contribution in [1.82, 2.24) is 10.2 Å². The summed E-state index contributed by atoms with van der Waals surface area (Å²) in [4.78, 5) is 29.4. The molecule has 7 nitrogen and oxygen atoms in total. The second kappa shape index (κ2) is 13.1. The van der Waals surface area contributed by atoms with Gasteiger partial charge in [-0.3, -0.25) is 13.9 Å². The molecule has 5 aliphatic carbocycles. The first-order chi connectivity index (χ1) is 21.5. The summed E-state index contributed by atoms with van der Waals surface area (Å²) in [5.41, 5.74) is 4.04. The summed E-state index contributed by atoms with van der Waals surface area (Å²) in [5, 5.41) is 3.21. The van der Waals surface area contributed by atoms with Gasteiger partial charge < -0.3 is 10.2 Å². The molecule has 5 fully saturated rings. The second-order valence-electron chi connectivity index (χ2n) is 14.8. The zero-order chi connectivity index (χ0) is 31.8. The largest absolute Gasteiger partial charge is 0.352 e. The summed E-state index contributed by atoms with van der Waals surface area (Å²) in [6.45, 7) is 3.81. The van der Waals surface area contributed by atoms with Gasteiger partial charge in [0.1, 0.15) is 12.6 Å². The first-order valence-electron chi connectivity index (χ1n) is 17.3. The quantitative estimate of drug-likeness (QED) is 0.307. The van der Waals surface area contributed by atoms with Gasteiger partial charge in [-0.25, -0.2) is 8.42 Å². The Labute approximate surface area is 270 Å². The van der Waals surface area contributed by atoms with Crippen LogP contribution in [0.15, 0.2) is 48.5 Å². The lowest BCUT2D eigenvalue weighted by atomic mass is 9.48. The van der Waals surface area contributed by atoms with Crippen LogP contribution < -0.4 is 9.62 Å². The van der Waals surface area contributed by atoms with Crippen LogP contribution in [-0.2, 0) is 31.6 Å². The average molecular weight is 634 g/mol. The van der Waals surface area contributed by atoms with Gasteiger partial charge in [0.05, 0.1) is 11.9 Å². The van der Waals surface area contributed by atoms with Crippen molar-refractivity contribution < 1.29 is 18.0 Å². The van der Waals surface area contributed by atoms with Crippen LogP contribution in [0.4, 0.5) is 5.69 Å². The van der Waals surface area contributed by atoms with Crippen LogP contribution in [0.2, 0.25) is 0 Å². The number of rotatable bonds is 11. The van der Waals surface area contributed by atoms with E-state index in [1.54, 1.807) is 4.90 Å². The maximum atomic E-state index is 14.2. The van der Waals surface area contributed by atoms with Crippen molar-refractivity contribution in [2.24, 2.45) is 17.8 Å². The van der Waals surface area contributed by atoms with Crippen LogP contribution in [0, 0.1) is 24.7 Å². The van der Waals surface area contributed by atoms with Gasteiger partial charge in [-0.15, -0.1) is 0 Å². The third-order valence-corrected chi connectivity index (χ3v) is 12.4. The average Bonchev–Trinajstić information content (AvgIpc) is 3.00. The number of aryl methyl sites for hydroxylation is 1. The second-order valence-corrected chi connectivity index (χ2v) is 16.7. The van der Waals surface area contributed by atoms with Gasteiger partial charge in [0.25, 0.3) is 0 Å². The lowest BCUT2D eigenvalue weighted by Crippen LogP contribution is -2.54. The summed E-state index contributed by atoms with van der Waals surface area (Å²) in [6.07, 6.45) is 14.7. The first kappa shape index (κ1) is 32.1. The number of hydrogen-bond acceptors (Lipinski definition) is 4.